The van der Waals surface area contributed by atoms with Crippen LogP contribution in [-0.4, -0.2) is 32.0 Å². The van der Waals surface area contributed by atoms with E-state index in [-0.39, 0.29) is 58.8 Å². The molecule has 3 heterocycles. The molecule has 0 saturated carbocycles. The lowest BCUT2D eigenvalue weighted by molar-refractivity contribution is 0.270. The first kappa shape index (κ1) is 30.7. The fourth-order valence-corrected chi connectivity index (χ4v) is 4.73. The van der Waals surface area contributed by atoms with Gasteiger partial charge in [-0.05, 0) is 58.7 Å². The van der Waals surface area contributed by atoms with Crippen molar-refractivity contribution in [2.45, 2.75) is 19.6 Å². The van der Waals surface area contributed by atoms with Crippen molar-refractivity contribution < 1.29 is 31.9 Å². The zero-order chi connectivity index (χ0) is 32.2. The Morgan fingerprint density at radius 2 is 1.59 bits per heavy atom. The Balaban J connectivity index is 1.13. The van der Waals surface area contributed by atoms with Gasteiger partial charge in [-0.25, -0.2) is 18.2 Å². The molecule has 0 unspecified atom stereocenters. The number of nitrogens with zero attached hydrogens (tertiary/aromatic N) is 5. The maximum absolute atomic E-state index is 15.3. The lowest BCUT2D eigenvalue weighted by atomic mass is 10.0. The van der Waals surface area contributed by atoms with E-state index in [9.17, 15) is 4.39 Å². The lowest BCUT2D eigenvalue weighted by Crippen LogP contribution is -2.04. The van der Waals surface area contributed by atoms with Crippen LogP contribution < -0.4 is 14.2 Å². The van der Waals surface area contributed by atoms with E-state index in [4.69, 9.17) is 30.3 Å². The molecule has 234 valence electrons. The fraction of sp³-hybridized carbons (Fsp3) is 0.152. The number of aromatic nitrogens is 5. The second-order valence-electron chi connectivity index (χ2n) is 10.2. The number of hydrogen-bond acceptors (Lipinski definition) is 8. The second kappa shape index (κ2) is 13.3. The number of ether oxygens (including phenoxy) is 3. The first-order valence-corrected chi connectivity index (χ1v) is 14.3. The minimum absolute atomic E-state index is 0.0509. The van der Waals surface area contributed by atoms with Gasteiger partial charge in [0.2, 0.25) is 17.5 Å². The Labute approximate surface area is 266 Å². The average molecular weight is 648 g/mol. The van der Waals surface area contributed by atoms with Crippen molar-refractivity contribution in [3.63, 3.8) is 0 Å². The number of benzene rings is 3. The summed E-state index contributed by atoms with van der Waals surface area (Å²) >= 11 is 5.79. The van der Waals surface area contributed by atoms with Crippen molar-refractivity contribution in [3.05, 3.63) is 124 Å². The van der Waals surface area contributed by atoms with Crippen molar-refractivity contribution >= 4 is 11.6 Å². The third-order valence-electron chi connectivity index (χ3n) is 7.09. The summed E-state index contributed by atoms with van der Waals surface area (Å²) in [5.74, 6) is 0.209. The van der Waals surface area contributed by atoms with Crippen LogP contribution in [0.3, 0.4) is 0 Å². The Hall–Kier alpha value is -5.36. The van der Waals surface area contributed by atoms with Gasteiger partial charge in [0.1, 0.15) is 42.2 Å². The van der Waals surface area contributed by atoms with Crippen molar-refractivity contribution in [2.24, 2.45) is 7.05 Å². The maximum atomic E-state index is 15.3. The Bertz CT molecular complexity index is 2000. The van der Waals surface area contributed by atoms with Crippen LogP contribution in [0.2, 0.25) is 5.02 Å². The lowest BCUT2D eigenvalue weighted by Gasteiger charge is -2.10. The van der Waals surface area contributed by atoms with Gasteiger partial charge in [-0.3, -0.25) is 0 Å². The molecule has 0 atom stereocenters. The van der Waals surface area contributed by atoms with Crippen LogP contribution in [0.4, 0.5) is 13.2 Å². The van der Waals surface area contributed by atoms with Crippen molar-refractivity contribution in [1.29, 1.82) is 0 Å². The molecule has 9 nitrogen and oxygen atoms in total. The molecule has 0 fully saturated rings. The summed E-state index contributed by atoms with van der Waals surface area (Å²) in [6.07, 6.45) is -0.0509. The molecule has 0 amide bonds. The summed E-state index contributed by atoms with van der Waals surface area (Å²) in [5, 5.41) is 12.5. The zero-order valence-electron chi connectivity index (χ0n) is 24.5. The van der Waals surface area contributed by atoms with Gasteiger partial charge in [0.25, 0.3) is 5.88 Å². The fourth-order valence-electron chi connectivity index (χ4n) is 4.57. The topological polar surface area (TPSA) is 97.3 Å². The van der Waals surface area contributed by atoms with E-state index in [0.717, 1.165) is 23.4 Å². The molecule has 6 aromatic rings. The molecule has 0 saturated heterocycles. The highest BCUT2D eigenvalue weighted by Gasteiger charge is 2.20. The molecule has 3 aromatic carbocycles. The van der Waals surface area contributed by atoms with E-state index in [1.165, 1.54) is 24.3 Å². The standard InChI is InChI=1S/C33H25ClF3N5O4/c1-42-30(39-40-33(42)29-16-32(41-46-29)44-17-19-6-10-23(43-2)11-7-19)13-21-12-27(37)24(15-26(21)36)28-4-3-5-31(38-28)45-18-20-8-9-22(34)14-25(20)35/h3-12,14-16H,13,17-18H2,1-2H3. The van der Waals surface area contributed by atoms with Gasteiger partial charge in [-0.2, -0.15) is 0 Å². The van der Waals surface area contributed by atoms with Crippen molar-refractivity contribution in [1.82, 2.24) is 24.9 Å². The number of pyridine rings is 1. The second-order valence-corrected chi connectivity index (χ2v) is 10.6. The van der Waals surface area contributed by atoms with Gasteiger partial charge in [-0.15, -0.1) is 10.2 Å². The molecule has 0 aliphatic heterocycles. The number of halogens is 4. The van der Waals surface area contributed by atoms with Gasteiger partial charge >= 0.3 is 0 Å². The van der Waals surface area contributed by atoms with E-state index in [0.29, 0.717) is 17.4 Å². The van der Waals surface area contributed by atoms with Crippen LogP contribution in [0.15, 0.2) is 83.4 Å². The van der Waals surface area contributed by atoms with Crippen molar-refractivity contribution in [2.75, 3.05) is 7.11 Å². The molecule has 0 N–H and O–H groups in total. The number of hydrogen-bond donors (Lipinski definition) is 0. The average Bonchev–Trinajstić information content (AvgIpc) is 3.67. The van der Waals surface area contributed by atoms with Gasteiger partial charge in [-0.1, -0.05) is 35.9 Å². The summed E-state index contributed by atoms with van der Waals surface area (Å²) in [5.41, 5.74) is 1.33. The SMILES string of the molecule is COc1ccc(COc2cc(-c3nnc(Cc4cc(F)c(-c5cccc(OCc6ccc(Cl)cc6F)n5)cc4F)n3C)on2)cc1. The minimum atomic E-state index is -0.693. The van der Waals surface area contributed by atoms with Crippen molar-refractivity contribution in [3.8, 4) is 40.4 Å². The normalized spacial score (nSPS) is 11.1. The summed E-state index contributed by atoms with van der Waals surface area (Å²) < 4.78 is 68.2. The van der Waals surface area contributed by atoms with E-state index < -0.39 is 17.5 Å². The van der Waals surface area contributed by atoms with E-state index >= 15 is 8.78 Å². The first-order chi connectivity index (χ1) is 22.3. The molecule has 0 spiro atoms. The smallest absolute Gasteiger partial charge is 0.255 e. The van der Waals surface area contributed by atoms with Gasteiger partial charge < -0.3 is 23.3 Å². The summed E-state index contributed by atoms with van der Waals surface area (Å²) in [4.78, 5) is 4.28. The maximum Gasteiger partial charge on any atom is 0.255 e. The van der Waals surface area contributed by atoms with Crippen LogP contribution in [0, 0.1) is 17.5 Å². The summed E-state index contributed by atoms with van der Waals surface area (Å²) in [7, 11) is 3.27. The van der Waals surface area contributed by atoms with Gasteiger partial charge in [0.05, 0.1) is 18.9 Å². The van der Waals surface area contributed by atoms with Crippen LogP contribution in [0.25, 0.3) is 22.8 Å². The number of rotatable bonds is 11. The predicted octanol–water partition coefficient (Wildman–Crippen LogP) is 7.36. The Morgan fingerprint density at radius 3 is 2.37 bits per heavy atom. The van der Waals surface area contributed by atoms with Gasteiger partial charge in [0.15, 0.2) is 0 Å². The van der Waals surface area contributed by atoms with Crippen LogP contribution in [0.5, 0.6) is 17.5 Å². The Morgan fingerprint density at radius 1 is 0.804 bits per heavy atom. The molecule has 0 radical (unpaired) electrons. The van der Waals surface area contributed by atoms with Gasteiger partial charge in [0, 0.05) is 35.7 Å². The quantitative estimate of drug-likeness (QED) is 0.144. The highest BCUT2D eigenvalue weighted by molar-refractivity contribution is 6.30. The molecule has 6 rings (SSSR count). The van der Waals surface area contributed by atoms with Crippen LogP contribution in [-0.2, 0) is 26.7 Å². The highest BCUT2D eigenvalue weighted by atomic mass is 35.5. The third kappa shape index (κ3) is 6.81. The van der Waals surface area contributed by atoms with E-state index in [2.05, 4.69) is 20.3 Å². The number of methoxy groups -OCH3 is 1. The van der Waals surface area contributed by atoms with E-state index in [1.54, 1.807) is 36.9 Å². The van der Waals surface area contributed by atoms with Crippen LogP contribution in [0.1, 0.15) is 22.5 Å². The van der Waals surface area contributed by atoms with Crippen LogP contribution >= 0.6 is 11.6 Å². The molecule has 3 aromatic heterocycles. The molecular formula is C33H25ClF3N5O4. The first-order valence-electron chi connectivity index (χ1n) is 13.9. The summed E-state index contributed by atoms with van der Waals surface area (Å²) in [6.45, 7) is 0.137. The molecule has 0 bridgehead atoms. The summed E-state index contributed by atoms with van der Waals surface area (Å²) in [6, 6.07) is 20.0. The molecule has 46 heavy (non-hydrogen) atoms. The largest absolute Gasteiger partial charge is 0.497 e. The third-order valence-corrected chi connectivity index (χ3v) is 7.33. The molecule has 13 heteroatoms. The zero-order valence-corrected chi connectivity index (χ0v) is 25.3. The van der Waals surface area contributed by atoms with E-state index in [1.807, 2.05) is 24.3 Å². The Kier molecular flexibility index (Phi) is 8.88. The monoisotopic (exact) mass is 647 g/mol. The predicted molar refractivity (Wildman–Crippen MR) is 162 cm³/mol. The highest BCUT2D eigenvalue weighted by Crippen LogP contribution is 2.29. The molecule has 0 aliphatic rings. The molecular weight excluding hydrogens is 623 g/mol. The molecule has 0 aliphatic carbocycles. The minimum Gasteiger partial charge on any atom is -0.497 e.